The first-order chi connectivity index (χ1) is 15.0. The highest BCUT2D eigenvalue weighted by Crippen LogP contribution is 2.29. The Labute approximate surface area is 192 Å². The fraction of sp³-hybridized carbons (Fsp3) is 0.417. The van der Waals surface area contributed by atoms with Gasteiger partial charge in [0.2, 0.25) is 0 Å². The summed E-state index contributed by atoms with van der Waals surface area (Å²) in [6, 6.07) is 9.71. The number of amides is 1. The van der Waals surface area contributed by atoms with Gasteiger partial charge < -0.3 is 14.2 Å². The Hall–Kier alpha value is -2.08. The summed E-state index contributed by atoms with van der Waals surface area (Å²) >= 11 is 12.2. The van der Waals surface area contributed by atoms with Crippen molar-refractivity contribution < 1.29 is 9.53 Å². The van der Waals surface area contributed by atoms with Crippen LogP contribution in [0.15, 0.2) is 36.5 Å². The molecule has 0 atom stereocenters. The molecule has 0 radical (unpaired) electrons. The summed E-state index contributed by atoms with van der Waals surface area (Å²) in [5.74, 6) is 0.0871. The Bertz CT molecular complexity index is 1070. The van der Waals surface area contributed by atoms with Gasteiger partial charge in [-0.05, 0) is 55.9 Å². The van der Waals surface area contributed by atoms with E-state index in [1.54, 1.807) is 6.20 Å². The fourth-order valence-electron chi connectivity index (χ4n) is 4.27. The van der Waals surface area contributed by atoms with Gasteiger partial charge in [0.05, 0.1) is 17.2 Å². The Morgan fingerprint density at radius 3 is 2.68 bits per heavy atom. The van der Waals surface area contributed by atoms with Gasteiger partial charge in [0.15, 0.2) is 0 Å². The molecule has 1 fully saturated rings. The van der Waals surface area contributed by atoms with Crippen LogP contribution in [0.2, 0.25) is 10.0 Å². The lowest BCUT2D eigenvalue weighted by Crippen LogP contribution is -2.28. The van der Waals surface area contributed by atoms with Gasteiger partial charge >= 0.3 is 0 Å². The molecule has 3 heterocycles. The van der Waals surface area contributed by atoms with Crippen LogP contribution in [0.1, 0.15) is 40.9 Å². The average molecular weight is 460 g/mol. The monoisotopic (exact) mass is 459 g/mol. The van der Waals surface area contributed by atoms with E-state index in [0.717, 1.165) is 72.5 Å². The molecule has 1 aromatic carbocycles. The second-order valence-corrected chi connectivity index (χ2v) is 8.87. The van der Waals surface area contributed by atoms with Crippen molar-refractivity contribution in [1.29, 1.82) is 0 Å². The highest BCUT2D eigenvalue weighted by molar-refractivity contribution is 6.31. The van der Waals surface area contributed by atoms with E-state index < -0.39 is 0 Å². The lowest BCUT2D eigenvalue weighted by Gasteiger charge is -2.16. The molecule has 0 unspecified atom stereocenters. The number of hydrogen-bond acceptors (Lipinski definition) is 3. The number of aromatic nitrogens is 2. The molecular weight excluding hydrogens is 433 g/mol. The van der Waals surface area contributed by atoms with Gasteiger partial charge in [0, 0.05) is 49.0 Å². The fourth-order valence-corrected chi connectivity index (χ4v) is 4.64. The molecule has 1 saturated heterocycles. The van der Waals surface area contributed by atoms with Crippen molar-refractivity contribution in [2.24, 2.45) is 7.05 Å². The van der Waals surface area contributed by atoms with E-state index in [9.17, 15) is 4.79 Å². The molecule has 1 aliphatic rings. The summed E-state index contributed by atoms with van der Waals surface area (Å²) in [5.41, 5.74) is 3.71. The summed E-state index contributed by atoms with van der Waals surface area (Å²) in [6.45, 7) is 2.91. The second-order valence-electron chi connectivity index (χ2n) is 8.00. The number of carbonyl (C=O) groups excluding carboxylic acids is 1. The number of carbonyl (C=O) groups is 1. The van der Waals surface area contributed by atoms with Crippen molar-refractivity contribution in [3.8, 4) is 0 Å². The van der Waals surface area contributed by atoms with Crippen molar-refractivity contribution in [1.82, 2.24) is 14.5 Å². The van der Waals surface area contributed by atoms with Crippen LogP contribution < -0.4 is 0 Å². The maximum atomic E-state index is 13.3. The predicted octanol–water partition coefficient (Wildman–Crippen LogP) is 5.31. The molecule has 0 saturated carbocycles. The number of aryl methyl sites for hydroxylation is 1. The number of halogens is 2. The molecular formula is C24H27Cl2N3O2. The van der Waals surface area contributed by atoms with E-state index in [1.165, 1.54) is 5.56 Å². The molecule has 1 amide bonds. The van der Waals surface area contributed by atoms with E-state index in [-0.39, 0.29) is 5.91 Å². The molecule has 7 heteroatoms. The predicted molar refractivity (Wildman–Crippen MR) is 125 cm³/mol. The highest BCUT2D eigenvalue weighted by atomic mass is 35.5. The van der Waals surface area contributed by atoms with Crippen LogP contribution in [-0.4, -0.2) is 46.7 Å². The third-order valence-corrected chi connectivity index (χ3v) is 6.29. The summed E-state index contributed by atoms with van der Waals surface area (Å²) in [5, 5.41) is 2.13. The second kappa shape index (κ2) is 10.0. The van der Waals surface area contributed by atoms with Gasteiger partial charge in [0.25, 0.3) is 5.91 Å². The van der Waals surface area contributed by atoms with Crippen LogP contribution in [0.3, 0.4) is 0 Å². The molecule has 2 aromatic heterocycles. The van der Waals surface area contributed by atoms with Crippen LogP contribution in [0.25, 0.3) is 11.0 Å². The molecule has 164 valence electrons. The Morgan fingerprint density at radius 1 is 1.10 bits per heavy atom. The lowest BCUT2D eigenvalue weighted by molar-refractivity contribution is 0.0792. The van der Waals surface area contributed by atoms with Crippen LogP contribution in [0, 0.1) is 0 Å². The van der Waals surface area contributed by atoms with E-state index in [1.807, 2.05) is 40.8 Å². The zero-order valence-corrected chi connectivity index (χ0v) is 19.3. The summed E-state index contributed by atoms with van der Waals surface area (Å²) in [4.78, 5) is 19.8. The molecule has 0 N–H and O–H groups in total. The third kappa shape index (κ3) is 5.05. The van der Waals surface area contributed by atoms with E-state index in [4.69, 9.17) is 27.9 Å². The van der Waals surface area contributed by atoms with Crippen molar-refractivity contribution in [2.45, 2.75) is 32.1 Å². The van der Waals surface area contributed by atoms with Crippen molar-refractivity contribution in [3.63, 3.8) is 0 Å². The molecule has 0 bridgehead atoms. The van der Waals surface area contributed by atoms with E-state index >= 15 is 0 Å². The Balaban J connectivity index is 1.43. The Kier molecular flexibility index (Phi) is 7.16. The highest BCUT2D eigenvalue weighted by Gasteiger charge is 2.27. The van der Waals surface area contributed by atoms with Gasteiger partial charge in [-0.15, -0.1) is 0 Å². The minimum Gasteiger partial charge on any atom is -0.381 e. The van der Waals surface area contributed by atoms with Gasteiger partial charge in [-0.1, -0.05) is 35.3 Å². The largest absolute Gasteiger partial charge is 0.381 e. The van der Waals surface area contributed by atoms with Crippen molar-refractivity contribution >= 4 is 40.1 Å². The normalized spacial score (nSPS) is 14.0. The zero-order valence-electron chi connectivity index (χ0n) is 17.7. The first-order valence-electron chi connectivity index (χ1n) is 10.8. The number of nitrogens with zero attached hydrogens (tertiary/aromatic N) is 3. The van der Waals surface area contributed by atoms with Gasteiger partial charge in [-0.2, -0.15) is 0 Å². The molecule has 31 heavy (non-hydrogen) atoms. The standard InChI is InChI=1S/C24H27Cl2N3O2/c1-28-21(8-5-12-31-13-9-17-6-4-7-18(25)14-17)22(24(30)29-10-2-3-11-29)20-15-19(26)16-27-23(20)28/h4,6-7,14-16H,2-3,5,8-13H2,1H3. The average Bonchev–Trinajstić information content (AvgIpc) is 3.37. The maximum Gasteiger partial charge on any atom is 0.256 e. The minimum atomic E-state index is 0.0871. The molecule has 1 aliphatic heterocycles. The first kappa shape index (κ1) is 22.1. The quantitative estimate of drug-likeness (QED) is 0.428. The van der Waals surface area contributed by atoms with Crippen LogP contribution in [-0.2, 0) is 24.6 Å². The number of pyridine rings is 1. The third-order valence-electron chi connectivity index (χ3n) is 5.85. The van der Waals surface area contributed by atoms with E-state index in [2.05, 4.69) is 11.1 Å². The molecule has 0 aliphatic carbocycles. The number of likely N-dealkylation sites (tertiary alicyclic amines) is 1. The number of ether oxygens (including phenoxy) is 1. The van der Waals surface area contributed by atoms with Crippen molar-refractivity contribution in [2.75, 3.05) is 26.3 Å². The summed E-state index contributed by atoms with van der Waals surface area (Å²) < 4.78 is 7.88. The van der Waals surface area contributed by atoms with E-state index in [0.29, 0.717) is 18.2 Å². The number of rotatable bonds is 8. The Morgan fingerprint density at radius 2 is 1.90 bits per heavy atom. The maximum absolute atomic E-state index is 13.3. The summed E-state index contributed by atoms with van der Waals surface area (Å²) in [7, 11) is 1.97. The number of fused-ring (bicyclic) bond motifs is 1. The van der Waals surface area contributed by atoms with Gasteiger partial charge in [-0.25, -0.2) is 4.98 Å². The van der Waals surface area contributed by atoms with Crippen LogP contribution in [0.4, 0.5) is 0 Å². The first-order valence-corrected chi connectivity index (χ1v) is 11.5. The number of hydrogen-bond donors (Lipinski definition) is 0. The SMILES string of the molecule is Cn1c(CCCOCCc2cccc(Cl)c2)c(C(=O)N2CCCC2)c2cc(Cl)cnc21. The molecule has 5 nitrogen and oxygen atoms in total. The molecule has 3 aromatic rings. The number of benzene rings is 1. The minimum absolute atomic E-state index is 0.0871. The molecule has 0 spiro atoms. The van der Waals surface area contributed by atoms with Gasteiger partial charge in [0.1, 0.15) is 5.65 Å². The van der Waals surface area contributed by atoms with Gasteiger partial charge in [-0.3, -0.25) is 4.79 Å². The van der Waals surface area contributed by atoms with Crippen LogP contribution >= 0.6 is 23.2 Å². The summed E-state index contributed by atoms with van der Waals surface area (Å²) in [6.07, 6.45) is 6.16. The smallest absolute Gasteiger partial charge is 0.256 e. The lowest BCUT2D eigenvalue weighted by atomic mass is 10.1. The molecule has 4 rings (SSSR count). The van der Waals surface area contributed by atoms with Crippen molar-refractivity contribution in [3.05, 3.63) is 63.4 Å². The topological polar surface area (TPSA) is 47.4 Å². The van der Waals surface area contributed by atoms with Crippen LogP contribution in [0.5, 0.6) is 0 Å². The zero-order chi connectivity index (χ0) is 21.8.